The van der Waals surface area contributed by atoms with Crippen LogP contribution in [-0.4, -0.2) is 61.9 Å². The minimum absolute atomic E-state index is 0.0416. The second-order valence-corrected chi connectivity index (χ2v) is 7.77. The number of halogens is 3. The number of alkyl halides is 3. The number of nitrogens with zero attached hydrogens (tertiary/aromatic N) is 2. The summed E-state index contributed by atoms with van der Waals surface area (Å²) in [5, 5.41) is 0. The maximum Gasteiger partial charge on any atom is 0.401 e. The number of benzene rings is 2. The lowest BCUT2D eigenvalue weighted by atomic mass is 10.0. The first kappa shape index (κ1) is 22.3. The average molecular weight is 448 g/mol. The van der Waals surface area contributed by atoms with Crippen LogP contribution >= 0.6 is 0 Å². The third-order valence-electron chi connectivity index (χ3n) is 5.61. The Balaban J connectivity index is 1.51. The second kappa shape index (κ2) is 9.30. The molecule has 0 aromatic heterocycles. The Labute approximate surface area is 183 Å². The fourth-order valence-corrected chi connectivity index (χ4v) is 4.12. The molecule has 2 aliphatic heterocycles. The molecule has 9 heteroatoms. The van der Waals surface area contributed by atoms with Crippen molar-refractivity contribution in [2.24, 2.45) is 0 Å². The third-order valence-corrected chi connectivity index (χ3v) is 5.61. The number of esters is 1. The minimum Gasteiger partial charge on any atom is -0.454 e. The fourth-order valence-electron chi connectivity index (χ4n) is 4.12. The van der Waals surface area contributed by atoms with Gasteiger partial charge in [-0.1, -0.05) is 36.4 Å². The van der Waals surface area contributed by atoms with Crippen LogP contribution in [0.25, 0.3) is 0 Å². The smallest absolute Gasteiger partial charge is 0.401 e. The van der Waals surface area contributed by atoms with Crippen LogP contribution in [0.3, 0.4) is 0 Å². The largest absolute Gasteiger partial charge is 0.454 e. The number of rotatable bonds is 4. The highest BCUT2D eigenvalue weighted by Crippen LogP contribution is 2.36. The van der Waals surface area contributed by atoms with E-state index >= 15 is 0 Å². The van der Waals surface area contributed by atoms with Crippen molar-refractivity contribution in [2.45, 2.75) is 25.1 Å². The summed E-state index contributed by atoms with van der Waals surface area (Å²) in [7, 11) is 0. The molecule has 1 saturated heterocycles. The number of anilines is 2. The highest BCUT2D eigenvalue weighted by Gasteiger charge is 2.39. The van der Waals surface area contributed by atoms with Crippen molar-refractivity contribution in [1.29, 1.82) is 0 Å². The number of fused-ring (bicyclic) bond motifs is 2. The molecule has 1 fully saturated rings. The van der Waals surface area contributed by atoms with Crippen LogP contribution in [-0.2, 0) is 31.9 Å². The maximum atomic E-state index is 13.2. The van der Waals surface area contributed by atoms with E-state index in [0.29, 0.717) is 11.4 Å². The second-order valence-electron chi connectivity index (χ2n) is 7.77. The van der Waals surface area contributed by atoms with E-state index in [9.17, 15) is 22.8 Å². The van der Waals surface area contributed by atoms with Crippen molar-refractivity contribution in [2.75, 3.05) is 37.8 Å². The molecule has 2 aromatic rings. The Bertz CT molecular complexity index is 948. The summed E-state index contributed by atoms with van der Waals surface area (Å²) in [4.78, 5) is 28.3. The van der Waals surface area contributed by atoms with Gasteiger partial charge in [0.1, 0.15) is 6.04 Å². The van der Waals surface area contributed by atoms with Crippen LogP contribution in [0.1, 0.15) is 11.1 Å². The molecule has 170 valence electrons. The zero-order valence-corrected chi connectivity index (χ0v) is 17.3. The van der Waals surface area contributed by atoms with Gasteiger partial charge in [0.15, 0.2) is 6.61 Å². The fraction of sp³-hybridized carbons (Fsp3) is 0.391. The van der Waals surface area contributed by atoms with Gasteiger partial charge in [-0.3, -0.25) is 19.4 Å². The lowest BCUT2D eigenvalue weighted by Gasteiger charge is -2.34. The normalized spacial score (nSPS) is 19.0. The topological polar surface area (TPSA) is 59.1 Å². The summed E-state index contributed by atoms with van der Waals surface area (Å²) in [6.45, 7) is -1.98. The third kappa shape index (κ3) is 4.94. The van der Waals surface area contributed by atoms with Gasteiger partial charge in [-0.05, 0) is 36.1 Å². The van der Waals surface area contributed by atoms with Crippen molar-refractivity contribution in [3.8, 4) is 0 Å². The van der Waals surface area contributed by atoms with E-state index < -0.39 is 37.2 Å². The average Bonchev–Trinajstić information content (AvgIpc) is 2.93. The van der Waals surface area contributed by atoms with Crippen molar-refractivity contribution >= 4 is 23.3 Å². The highest BCUT2D eigenvalue weighted by molar-refractivity contribution is 6.03. The summed E-state index contributed by atoms with van der Waals surface area (Å²) in [5.41, 5.74) is 3.39. The number of hydrogen-bond acceptors (Lipinski definition) is 5. The van der Waals surface area contributed by atoms with Gasteiger partial charge in [0, 0.05) is 6.54 Å². The van der Waals surface area contributed by atoms with Gasteiger partial charge in [-0.2, -0.15) is 13.2 Å². The summed E-state index contributed by atoms with van der Waals surface area (Å²) in [6.07, 6.45) is -2.95. The van der Waals surface area contributed by atoms with Crippen LogP contribution in [0.15, 0.2) is 48.5 Å². The SMILES string of the molecule is O=C(OCC(=O)N1c2ccccc2CCc2ccccc21)C1COCCN1CC(F)(F)F. The molecule has 0 radical (unpaired) electrons. The molecule has 32 heavy (non-hydrogen) atoms. The first-order chi connectivity index (χ1) is 15.3. The number of hydrogen-bond donors (Lipinski definition) is 0. The maximum absolute atomic E-state index is 13.2. The summed E-state index contributed by atoms with van der Waals surface area (Å²) in [6, 6.07) is 13.8. The Kier molecular flexibility index (Phi) is 6.48. The summed E-state index contributed by atoms with van der Waals surface area (Å²) in [5.74, 6) is -1.38. The van der Waals surface area contributed by atoms with Crippen LogP contribution in [0.4, 0.5) is 24.5 Å². The monoisotopic (exact) mass is 448 g/mol. The van der Waals surface area contributed by atoms with E-state index in [4.69, 9.17) is 9.47 Å². The summed E-state index contributed by atoms with van der Waals surface area (Å²) >= 11 is 0. The number of para-hydroxylation sites is 2. The molecule has 2 heterocycles. The molecule has 0 spiro atoms. The van der Waals surface area contributed by atoms with Crippen molar-refractivity contribution in [3.63, 3.8) is 0 Å². The highest BCUT2D eigenvalue weighted by atomic mass is 19.4. The molecule has 2 aliphatic rings. The zero-order valence-electron chi connectivity index (χ0n) is 17.3. The molecule has 0 N–H and O–H groups in total. The van der Waals surface area contributed by atoms with E-state index in [1.165, 1.54) is 4.90 Å². The van der Waals surface area contributed by atoms with Crippen molar-refractivity contribution in [3.05, 3.63) is 59.7 Å². The molecular weight excluding hydrogens is 425 g/mol. The van der Waals surface area contributed by atoms with E-state index in [0.717, 1.165) is 28.9 Å². The van der Waals surface area contributed by atoms with E-state index in [1.54, 1.807) is 0 Å². The molecule has 0 saturated carbocycles. The van der Waals surface area contributed by atoms with Crippen molar-refractivity contribution < 1.29 is 32.2 Å². The predicted octanol–water partition coefficient (Wildman–Crippen LogP) is 3.26. The van der Waals surface area contributed by atoms with Gasteiger partial charge in [-0.15, -0.1) is 0 Å². The number of carbonyl (C=O) groups excluding carboxylic acids is 2. The van der Waals surface area contributed by atoms with Gasteiger partial charge in [0.25, 0.3) is 5.91 Å². The Morgan fingerprint density at radius 1 is 1.00 bits per heavy atom. The Morgan fingerprint density at radius 3 is 2.19 bits per heavy atom. The lowest BCUT2D eigenvalue weighted by Crippen LogP contribution is -2.53. The van der Waals surface area contributed by atoms with E-state index in [1.807, 2.05) is 48.5 Å². The van der Waals surface area contributed by atoms with Gasteiger partial charge in [0.2, 0.25) is 0 Å². The molecular formula is C23H23F3N2O4. The number of carbonyl (C=O) groups is 2. The first-order valence-corrected chi connectivity index (χ1v) is 10.4. The first-order valence-electron chi connectivity index (χ1n) is 10.4. The molecule has 1 amide bonds. The molecule has 4 rings (SSSR count). The molecule has 2 aromatic carbocycles. The predicted molar refractivity (Wildman–Crippen MR) is 111 cm³/mol. The lowest BCUT2D eigenvalue weighted by molar-refractivity contribution is -0.177. The van der Waals surface area contributed by atoms with Gasteiger partial charge in [-0.25, -0.2) is 0 Å². The Hall–Kier alpha value is -2.91. The van der Waals surface area contributed by atoms with Crippen LogP contribution in [0.2, 0.25) is 0 Å². The standard InChI is InChI=1S/C23H23F3N2O4/c24-23(25,26)15-27-11-12-31-13-20(27)22(30)32-14-21(29)28-18-7-3-1-5-16(18)9-10-17-6-2-4-8-19(17)28/h1-8,20H,9-15H2. The van der Waals surface area contributed by atoms with Crippen LogP contribution in [0, 0.1) is 0 Å². The number of ether oxygens (including phenoxy) is 2. The summed E-state index contributed by atoms with van der Waals surface area (Å²) < 4.78 is 48.9. The van der Waals surface area contributed by atoms with Crippen LogP contribution < -0.4 is 4.90 Å². The molecule has 0 aliphatic carbocycles. The molecule has 6 nitrogen and oxygen atoms in total. The van der Waals surface area contributed by atoms with Crippen molar-refractivity contribution in [1.82, 2.24) is 4.90 Å². The Morgan fingerprint density at radius 2 is 1.59 bits per heavy atom. The minimum atomic E-state index is -4.45. The quantitative estimate of drug-likeness (QED) is 0.673. The number of aryl methyl sites for hydroxylation is 2. The number of amides is 1. The van der Waals surface area contributed by atoms with Gasteiger partial charge >= 0.3 is 12.1 Å². The van der Waals surface area contributed by atoms with Crippen LogP contribution in [0.5, 0.6) is 0 Å². The van der Waals surface area contributed by atoms with Gasteiger partial charge < -0.3 is 9.47 Å². The number of morpholine rings is 1. The molecule has 0 bridgehead atoms. The van der Waals surface area contributed by atoms with Gasteiger partial charge in [0.05, 0.1) is 31.1 Å². The van der Waals surface area contributed by atoms with E-state index in [-0.39, 0.29) is 19.8 Å². The van der Waals surface area contributed by atoms with E-state index in [2.05, 4.69) is 0 Å². The molecule has 1 atom stereocenters. The molecule has 1 unspecified atom stereocenters. The zero-order chi connectivity index (χ0) is 22.7.